The van der Waals surface area contributed by atoms with Crippen molar-refractivity contribution < 1.29 is 34.5 Å². The molecule has 202 valence electrons. The molecule has 2 fully saturated rings. The number of likely N-dealkylation sites (N-methyl/N-ethyl adjacent to an activating group) is 1. The number of anilines is 1. The summed E-state index contributed by atoms with van der Waals surface area (Å²) in [5, 5.41) is 33.2. The van der Waals surface area contributed by atoms with Crippen LogP contribution in [0, 0.1) is 35.5 Å². The Morgan fingerprint density at radius 3 is 2.33 bits per heavy atom. The summed E-state index contributed by atoms with van der Waals surface area (Å²) in [5.41, 5.74) is 10.6. The van der Waals surface area contributed by atoms with Gasteiger partial charge < -0.3 is 31.7 Å². The third-order valence-electron chi connectivity index (χ3n) is 8.43. The van der Waals surface area contributed by atoms with E-state index in [0.29, 0.717) is 22.4 Å². The van der Waals surface area contributed by atoms with E-state index in [4.69, 9.17) is 11.5 Å². The Labute approximate surface area is 224 Å². The first-order valence-electron chi connectivity index (χ1n) is 12.6. The average molecular weight is 532 g/mol. The first-order valence-corrected chi connectivity index (χ1v) is 12.6. The van der Waals surface area contributed by atoms with Gasteiger partial charge in [-0.2, -0.15) is 0 Å². The summed E-state index contributed by atoms with van der Waals surface area (Å²) in [6, 6.07) is 8.89. The van der Waals surface area contributed by atoms with Crippen LogP contribution in [-0.4, -0.2) is 75.3 Å². The third kappa shape index (κ3) is 3.93. The third-order valence-corrected chi connectivity index (χ3v) is 8.43. The number of nitrogens with two attached hydrogens (primary N) is 2. The van der Waals surface area contributed by atoms with Crippen LogP contribution in [-0.2, 0) is 20.8 Å². The van der Waals surface area contributed by atoms with E-state index in [2.05, 4.69) is 11.8 Å². The highest BCUT2D eigenvalue weighted by atomic mass is 16.3. The molecular formula is C29H29N3O7. The van der Waals surface area contributed by atoms with Crippen molar-refractivity contribution in [3.63, 3.8) is 0 Å². The Bertz CT molecular complexity index is 1470. The predicted molar refractivity (Wildman–Crippen MR) is 139 cm³/mol. The number of carbonyl (C=O) groups excluding carboxylic acids is 4. The fourth-order valence-electron chi connectivity index (χ4n) is 6.65. The summed E-state index contributed by atoms with van der Waals surface area (Å²) in [6.45, 7) is 0. The number of amides is 1. The Balaban J connectivity index is 1.60. The lowest BCUT2D eigenvalue weighted by Crippen LogP contribution is -2.75. The van der Waals surface area contributed by atoms with Crippen molar-refractivity contribution in [2.75, 3.05) is 19.8 Å². The summed E-state index contributed by atoms with van der Waals surface area (Å²) < 4.78 is 0. The Morgan fingerprint density at radius 2 is 1.72 bits per heavy atom. The van der Waals surface area contributed by atoms with Crippen LogP contribution < -0.4 is 11.5 Å². The highest BCUT2D eigenvalue weighted by Crippen LogP contribution is 2.51. The smallest absolute Gasteiger partial charge is 0.230 e. The molecule has 7 N–H and O–H groups in total. The van der Waals surface area contributed by atoms with Gasteiger partial charge in [0.25, 0.3) is 0 Å². The molecule has 0 bridgehead atoms. The number of hydrogen-bond acceptors (Lipinski definition) is 9. The van der Waals surface area contributed by atoms with Gasteiger partial charge in [0.15, 0.2) is 23.0 Å². The minimum Gasteiger partial charge on any atom is -0.507 e. The van der Waals surface area contributed by atoms with Gasteiger partial charge in [0, 0.05) is 28.8 Å². The van der Waals surface area contributed by atoms with Crippen molar-refractivity contribution in [3.05, 3.63) is 58.7 Å². The average Bonchev–Trinajstić information content (AvgIpc) is 2.86. The van der Waals surface area contributed by atoms with Crippen LogP contribution in [0.1, 0.15) is 33.5 Å². The summed E-state index contributed by atoms with van der Waals surface area (Å²) in [4.78, 5) is 54.6. The first kappa shape index (κ1) is 26.6. The molecule has 10 heteroatoms. The molecule has 2 saturated carbocycles. The van der Waals surface area contributed by atoms with Gasteiger partial charge in [0.05, 0.1) is 17.6 Å². The first-order chi connectivity index (χ1) is 18.4. The molecule has 0 saturated heterocycles. The molecule has 3 unspecified atom stereocenters. The fraction of sp³-hybridized carbons (Fsp3) is 0.379. The number of aliphatic hydroxyl groups is 2. The molecule has 0 radical (unpaired) electrons. The lowest BCUT2D eigenvalue weighted by Gasteiger charge is -2.54. The number of phenols is 1. The number of ketones is 3. The zero-order valence-corrected chi connectivity index (χ0v) is 21.4. The molecule has 3 aliphatic rings. The monoisotopic (exact) mass is 531 g/mol. The predicted octanol–water partition coefficient (Wildman–Crippen LogP) is -0.359. The fourth-order valence-corrected chi connectivity index (χ4v) is 6.65. The maximum absolute atomic E-state index is 13.9. The number of aromatic hydroxyl groups is 1. The van der Waals surface area contributed by atoms with Gasteiger partial charge in [-0.05, 0) is 74.8 Å². The molecule has 0 aromatic heterocycles. The van der Waals surface area contributed by atoms with E-state index >= 15 is 0 Å². The summed E-state index contributed by atoms with van der Waals surface area (Å²) in [5.74, 6) is -3.33. The van der Waals surface area contributed by atoms with Crippen LogP contribution >= 0.6 is 0 Å². The van der Waals surface area contributed by atoms with Crippen molar-refractivity contribution in [3.8, 4) is 17.6 Å². The van der Waals surface area contributed by atoms with E-state index in [1.165, 1.54) is 6.07 Å². The highest BCUT2D eigenvalue weighted by molar-refractivity contribution is 6.25. The molecule has 3 aliphatic carbocycles. The molecule has 2 aromatic carbocycles. The topological polar surface area (TPSA) is 184 Å². The van der Waals surface area contributed by atoms with Crippen LogP contribution in [0.4, 0.5) is 5.69 Å². The molecule has 10 nitrogen and oxygen atoms in total. The number of benzene rings is 2. The number of rotatable bonds is 2. The van der Waals surface area contributed by atoms with E-state index in [9.17, 15) is 34.5 Å². The molecule has 0 spiro atoms. The normalized spacial score (nSPS) is 31.6. The van der Waals surface area contributed by atoms with Gasteiger partial charge in [-0.15, -0.1) is 0 Å². The standard InChI is InChI=1S/C29H29N3O7/c1-32(2)23-18-12-15-11-17-14(6-3-13-4-8-16(30)9-5-13)7-10-19(33)21(17)24(34)20(15)26(36)29(18,39)27(37)22(25(23)35)28(31)38/h4-5,7-10,15,18,20,22-23,25,33,35,39H,11-12,30H2,1-2H3,(H2,31,38)/t15-,18-,20?,22?,23-,25?,29-/m1/s1. The molecule has 0 aliphatic heterocycles. The van der Waals surface area contributed by atoms with Crippen LogP contribution in [0.3, 0.4) is 0 Å². The molecule has 39 heavy (non-hydrogen) atoms. The number of hydrogen-bond donors (Lipinski definition) is 5. The SMILES string of the molecule is CN(C)[C@H]1C(O)C(C(N)=O)C(=O)[C@]2(O)C(=O)C3C(=O)c4c(O)ccc(C#Cc5ccc(N)cc5)c4C[C@@H]3C[C@H]12. The summed E-state index contributed by atoms with van der Waals surface area (Å²) in [6.07, 6.45) is -1.33. The quantitative estimate of drug-likeness (QED) is 0.196. The van der Waals surface area contributed by atoms with E-state index < -0.39 is 64.7 Å². The molecular weight excluding hydrogens is 502 g/mol. The van der Waals surface area contributed by atoms with E-state index in [1.807, 2.05) is 0 Å². The van der Waals surface area contributed by atoms with Gasteiger partial charge in [0.2, 0.25) is 5.91 Å². The van der Waals surface area contributed by atoms with Crippen LogP contribution in [0.15, 0.2) is 36.4 Å². The molecule has 2 aromatic rings. The molecule has 0 heterocycles. The van der Waals surface area contributed by atoms with Crippen molar-refractivity contribution in [1.29, 1.82) is 0 Å². The maximum atomic E-state index is 13.9. The number of carbonyl (C=O) groups is 4. The number of aliphatic hydroxyl groups excluding tert-OH is 1. The minimum atomic E-state index is -2.69. The number of Topliss-reactive ketones (excluding diaryl/α,β-unsaturated/α-hetero) is 3. The van der Waals surface area contributed by atoms with Crippen molar-refractivity contribution in [1.82, 2.24) is 4.90 Å². The minimum absolute atomic E-state index is 0.0374. The largest absolute Gasteiger partial charge is 0.507 e. The van der Waals surface area contributed by atoms with Gasteiger partial charge in [-0.25, -0.2) is 0 Å². The molecule has 5 rings (SSSR count). The molecule has 7 atom stereocenters. The Morgan fingerprint density at radius 1 is 1.05 bits per heavy atom. The Hall–Kier alpha value is -4.04. The van der Waals surface area contributed by atoms with Gasteiger partial charge >= 0.3 is 0 Å². The summed E-state index contributed by atoms with van der Waals surface area (Å²) >= 11 is 0. The highest BCUT2D eigenvalue weighted by Gasteiger charge is 2.69. The van der Waals surface area contributed by atoms with E-state index in [-0.39, 0.29) is 24.2 Å². The van der Waals surface area contributed by atoms with E-state index in [1.54, 1.807) is 49.3 Å². The summed E-state index contributed by atoms with van der Waals surface area (Å²) in [7, 11) is 3.20. The number of phenolic OH excluding ortho intramolecular Hbond substituents is 1. The van der Waals surface area contributed by atoms with Crippen molar-refractivity contribution in [2.45, 2.75) is 30.6 Å². The zero-order valence-electron chi connectivity index (χ0n) is 21.4. The van der Waals surface area contributed by atoms with Crippen LogP contribution in [0.5, 0.6) is 5.75 Å². The van der Waals surface area contributed by atoms with Gasteiger partial charge in [0.1, 0.15) is 11.7 Å². The Kier molecular flexibility index (Phi) is 6.34. The second kappa shape index (κ2) is 9.31. The van der Waals surface area contributed by atoms with Gasteiger partial charge in [-0.1, -0.05) is 11.8 Å². The van der Waals surface area contributed by atoms with E-state index in [0.717, 1.165) is 0 Å². The maximum Gasteiger partial charge on any atom is 0.230 e. The lowest BCUT2D eigenvalue weighted by atomic mass is 9.52. The lowest BCUT2D eigenvalue weighted by molar-refractivity contribution is -0.190. The van der Waals surface area contributed by atoms with Crippen molar-refractivity contribution in [2.24, 2.45) is 29.4 Å². The number of nitrogen functional groups attached to an aromatic ring is 1. The van der Waals surface area contributed by atoms with Crippen molar-refractivity contribution >= 4 is 28.9 Å². The second-order valence-electron chi connectivity index (χ2n) is 10.8. The number of nitrogens with zero attached hydrogens (tertiary/aromatic N) is 1. The second-order valence-corrected chi connectivity index (χ2v) is 10.8. The van der Waals surface area contributed by atoms with Crippen LogP contribution in [0.25, 0.3) is 0 Å². The zero-order chi connectivity index (χ0) is 28.4. The van der Waals surface area contributed by atoms with Crippen LogP contribution in [0.2, 0.25) is 0 Å². The molecule has 1 amide bonds. The number of fused-ring (bicyclic) bond motifs is 3. The van der Waals surface area contributed by atoms with Gasteiger partial charge in [-0.3, -0.25) is 19.2 Å². The number of primary amides is 1.